The fourth-order valence-electron chi connectivity index (χ4n) is 4.97. The van der Waals surface area contributed by atoms with E-state index in [9.17, 15) is 4.79 Å². The van der Waals surface area contributed by atoms with E-state index in [-0.39, 0.29) is 10.8 Å². The summed E-state index contributed by atoms with van der Waals surface area (Å²) in [7, 11) is 1.70. The summed E-state index contributed by atoms with van der Waals surface area (Å²) in [5, 5.41) is 0.877. The van der Waals surface area contributed by atoms with Crippen molar-refractivity contribution in [2.45, 2.75) is 58.0 Å². The van der Waals surface area contributed by atoms with Gasteiger partial charge in [-0.3, -0.25) is 4.79 Å². The maximum Gasteiger partial charge on any atom is 0.175 e. The minimum Gasteiger partial charge on any atom is -0.366 e. The molecule has 3 atom stereocenters. The normalized spacial score (nSPS) is 42.2. The molecule has 0 aliphatic heterocycles. The van der Waals surface area contributed by atoms with Gasteiger partial charge in [0.1, 0.15) is 5.60 Å². The zero-order valence-corrected chi connectivity index (χ0v) is 14.9. The van der Waals surface area contributed by atoms with Crippen LogP contribution in [0.25, 0.3) is 0 Å². The summed E-state index contributed by atoms with van der Waals surface area (Å²) in [6.45, 7) is 4.32. The Morgan fingerprint density at radius 1 is 1.43 bits per heavy atom. The van der Waals surface area contributed by atoms with Crippen LogP contribution >= 0.6 is 15.9 Å². The molecule has 0 saturated heterocycles. The molecule has 0 N–H and O–H groups in total. The Kier molecular flexibility index (Phi) is 3.73. The third-order valence-corrected chi connectivity index (χ3v) is 7.25. The van der Waals surface area contributed by atoms with Crippen LogP contribution in [-0.4, -0.2) is 23.8 Å². The van der Waals surface area contributed by atoms with Crippen molar-refractivity contribution in [2.24, 2.45) is 10.8 Å². The lowest BCUT2D eigenvalue weighted by Gasteiger charge is -2.58. The predicted molar refractivity (Wildman–Crippen MR) is 88.6 cm³/mol. The van der Waals surface area contributed by atoms with Crippen molar-refractivity contribution in [1.29, 1.82) is 0 Å². The predicted octanol–water partition coefficient (Wildman–Crippen LogP) is 4.58. The molecule has 1 spiro atoms. The Morgan fingerprint density at radius 2 is 2.19 bits per heavy atom. The highest BCUT2D eigenvalue weighted by atomic mass is 79.9. The molecule has 21 heavy (non-hydrogen) atoms. The minimum atomic E-state index is -0.647. The van der Waals surface area contributed by atoms with E-state index in [0.29, 0.717) is 5.78 Å². The number of alkyl halides is 1. The van der Waals surface area contributed by atoms with E-state index < -0.39 is 5.60 Å². The number of allylic oxidation sites excluding steroid dienone is 3. The quantitative estimate of drug-likeness (QED) is 0.546. The number of Topliss-reactive ketones (excluding diaryl/α,β-unsaturated/α-hetero) is 1. The van der Waals surface area contributed by atoms with Crippen molar-refractivity contribution in [3.8, 4) is 0 Å². The van der Waals surface area contributed by atoms with Gasteiger partial charge in [0, 0.05) is 23.3 Å². The van der Waals surface area contributed by atoms with E-state index in [1.54, 1.807) is 7.11 Å². The molecule has 116 valence electrons. The Labute approximate surface area is 136 Å². The molecule has 0 aromatic heterocycles. The maximum absolute atomic E-state index is 13.3. The highest BCUT2D eigenvalue weighted by molar-refractivity contribution is 9.09. The molecule has 4 aliphatic carbocycles. The van der Waals surface area contributed by atoms with Crippen LogP contribution in [0.5, 0.6) is 0 Å². The average molecular weight is 353 g/mol. The largest absolute Gasteiger partial charge is 0.366 e. The van der Waals surface area contributed by atoms with Gasteiger partial charge in [-0.1, -0.05) is 40.1 Å². The summed E-state index contributed by atoms with van der Waals surface area (Å²) in [4.78, 5) is 13.3. The fourth-order valence-corrected chi connectivity index (χ4v) is 5.20. The van der Waals surface area contributed by atoms with Crippen molar-refractivity contribution in [2.75, 3.05) is 12.4 Å². The van der Waals surface area contributed by atoms with Crippen LogP contribution in [-0.2, 0) is 9.53 Å². The number of rotatable bonds is 4. The monoisotopic (exact) mass is 352 g/mol. The summed E-state index contributed by atoms with van der Waals surface area (Å²) in [5.41, 5.74) is 1.96. The number of hydrogen-bond acceptors (Lipinski definition) is 2. The number of ketones is 1. The third kappa shape index (κ3) is 1.89. The molecule has 2 bridgehead atoms. The lowest BCUT2D eigenvalue weighted by atomic mass is 9.45. The van der Waals surface area contributed by atoms with E-state index >= 15 is 0 Å². The zero-order chi connectivity index (χ0) is 15.3. The lowest BCUT2D eigenvalue weighted by Crippen LogP contribution is -2.63. The molecule has 3 heteroatoms. The first-order valence-electron chi connectivity index (χ1n) is 7.98. The summed E-state index contributed by atoms with van der Waals surface area (Å²) in [6.07, 6.45) is 10.8. The average Bonchev–Trinajstić information content (AvgIpc) is 2.94. The summed E-state index contributed by atoms with van der Waals surface area (Å²) in [6, 6.07) is 0. The second kappa shape index (κ2) is 5.06. The smallest absolute Gasteiger partial charge is 0.175 e. The second-order valence-electron chi connectivity index (χ2n) is 7.25. The maximum atomic E-state index is 13.3. The number of methoxy groups -OCH3 is 1. The molecule has 2 saturated carbocycles. The van der Waals surface area contributed by atoms with Gasteiger partial charge in [0.15, 0.2) is 5.78 Å². The molecule has 4 aliphatic rings. The molecule has 0 aromatic carbocycles. The standard InChI is InChI=1S/C18H25BrO2/c1-13(12-19)6-8-16(2)15(20)18(21-3)10-9-17(16)7-4-5-14(17)11-18/h6,11H,4-5,7-10,12H2,1-3H3/b13-6+/t16-,17-,18-/m1/s1. The first-order chi connectivity index (χ1) is 9.94. The number of halogens is 1. The van der Waals surface area contributed by atoms with E-state index in [1.165, 1.54) is 24.0 Å². The Morgan fingerprint density at radius 3 is 2.86 bits per heavy atom. The van der Waals surface area contributed by atoms with Gasteiger partial charge < -0.3 is 4.74 Å². The summed E-state index contributed by atoms with van der Waals surface area (Å²) >= 11 is 3.50. The van der Waals surface area contributed by atoms with Gasteiger partial charge in [-0.25, -0.2) is 0 Å². The second-order valence-corrected chi connectivity index (χ2v) is 7.81. The van der Waals surface area contributed by atoms with Crippen molar-refractivity contribution < 1.29 is 9.53 Å². The van der Waals surface area contributed by atoms with Crippen LogP contribution in [0.15, 0.2) is 23.3 Å². The van der Waals surface area contributed by atoms with Gasteiger partial charge in [-0.15, -0.1) is 0 Å². The molecule has 0 aromatic rings. The number of carbonyl (C=O) groups is 1. The van der Waals surface area contributed by atoms with Crippen LogP contribution in [0, 0.1) is 10.8 Å². The Bertz CT molecular complexity index is 535. The Balaban J connectivity index is 2.08. The highest BCUT2D eigenvalue weighted by Crippen LogP contribution is 2.67. The number of hydrogen-bond donors (Lipinski definition) is 0. The fraction of sp³-hybridized carbons (Fsp3) is 0.722. The molecule has 2 fully saturated rings. The van der Waals surface area contributed by atoms with Gasteiger partial charge in [-0.2, -0.15) is 0 Å². The topological polar surface area (TPSA) is 26.3 Å². The van der Waals surface area contributed by atoms with Crippen LogP contribution in [0.2, 0.25) is 0 Å². The van der Waals surface area contributed by atoms with E-state index in [4.69, 9.17) is 4.74 Å². The lowest BCUT2D eigenvalue weighted by molar-refractivity contribution is -0.166. The van der Waals surface area contributed by atoms with E-state index in [1.807, 2.05) is 0 Å². The zero-order valence-electron chi connectivity index (χ0n) is 13.3. The molecule has 2 nitrogen and oxygen atoms in total. The van der Waals surface area contributed by atoms with Gasteiger partial charge in [0.25, 0.3) is 0 Å². The highest BCUT2D eigenvalue weighted by Gasteiger charge is 2.67. The van der Waals surface area contributed by atoms with Crippen LogP contribution in [0.3, 0.4) is 0 Å². The van der Waals surface area contributed by atoms with Gasteiger partial charge >= 0.3 is 0 Å². The first kappa shape index (κ1) is 15.5. The van der Waals surface area contributed by atoms with Crippen LogP contribution < -0.4 is 0 Å². The van der Waals surface area contributed by atoms with Crippen LogP contribution in [0.1, 0.15) is 52.4 Å². The van der Waals surface area contributed by atoms with Gasteiger partial charge in [0.2, 0.25) is 0 Å². The molecular formula is C18H25BrO2. The summed E-state index contributed by atoms with van der Waals surface area (Å²) in [5.74, 6) is 0.313. The molecule has 4 rings (SSSR count). The molecule has 0 heterocycles. The van der Waals surface area contributed by atoms with E-state index in [0.717, 1.165) is 31.0 Å². The molecular weight excluding hydrogens is 328 g/mol. The third-order valence-electron chi connectivity index (χ3n) is 6.37. The van der Waals surface area contributed by atoms with E-state index in [2.05, 4.69) is 41.9 Å². The molecule has 0 radical (unpaired) electrons. The van der Waals surface area contributed by atoms with Gasteiger partial charge in [0.05, 0.1) is 0 Å². The minimum absolute atomic E-state index is 0.105. The van der Waals surface area contributed by atoms with Gasteiger partial charge in [-0.05, 0) is 51.5 Å². The number of ether oxygens (including phenoxy) is 1. The summed E-state index contributed by atoms with van der Waals surface area (Å²) < 4.78 is 5.76. The molecule has 0 amide bonds. The van der Waals surface area contributed by atoms with Crippen LogP contribution in [0.4, 0.5) is 0 Å². The first-order valence-corrected chi connectivity index (χ1v) is 9.10. The van der Waals surface area contributed by atoms with Crippen molar-refractivity contribution in [3.63, 3.8) is 0 Å². The number of carbonyl (C=O) groups excluding carboxylic acids is 1. The van der Waals surface area contributed by atoms with Crippen molar-refractivity contribution >= 4 is 21.7 Å². The Hall–Kier alpha value is -0.410. The SMILES string of the molecule is CO[C@@]12C=C3CCC[C@]3(CC1)[C@](C)(C/C=C(\C)CBr)C2=O. The molecule has 0 unspecified atom stereocenters. The van der Waals surface area contributed by atoms with Crippen molar-refractivity contribution in [3.05, 3.63) is 23.3 Å². The van der Waals surface area contributed by atoms with Crippen molar-refractivity contribution in [1.82, 2.24) is 0 Å². The number of fused-ring (bicyclic) bond motifs is 2.